The fourth-order valence-corrected chi connectivity index (χ4v) is 3.39. The largest absolute Gasteiger partial charge is 0.269 e. The van der Waals surface area contributed by atoms with Crippen LogP contribution >= 0.6 is 27.7 Å². The molecule has 0 radical (unpaired) electrons. The van der Waals surface area contributed by atoms with Gasteiger partial charge in [0.05, 0.1) is 12.2 Å². The van der Waals surface area contributed by atoms with E-state index in [1.54, 1.807) is 11.8 Å². The minimum atomic E-state index is 0.757. The molecular formula is C15H16BrN5S. The summed E-state index contributed by atoms with van der Waals surface area (Å²) < 4.78 is 3.02. The second kappa shape index (κ2) is 6.66. The average Bonchev–Trinajstić information content (AvgIpc) is 3.07. The predicted molar refractivity (Wildman–Crippen MR) is 91.9 cm³/mol. The number of hydrogen-bond acceptors (Lipinski definition) is 4. The van der Waals surface area contributed by atoms with Crippen molar-refractivity contribution in [2.45, 2.75) is 25.5 Å². The number of nitrogens with zero attached hydrogens (tertiary/aromatic N) is 4. The quantitative estimate of drug-likeness (QED) is 0.686. The van der Waals surface area contributed by atoms with Gasteiger partial charge in [0.25, 0.3) is 0 Å². The van der Waals surface area contributed by atoms with Crippen molar-refractivity contribution in [2.75, 3.05) is 5.75 Å². The standard InChI is InChI=1S/C15H16BrN5S/c1-10-9-11(2)21(20-10)7-8-22-15-17-14(18-19-15)12-5-3-4-6-13(12)16/h3-6,9H,7-8H2,1-2H3,(H,17,18,19). The molecule has 0 saturated heterocycles. The molecule has 0 spiro atoms. The molecule has 0 aliphatic carbocycles. The monoisotopic (exact) mass is 377 g/mol. The summed E-state index contributed by atoms with van der Waals surface area (Å²) in [6, 6.07) is 10.1. The number of halogens is 1. The molecule has 0 saturated carbocycles. The Balaban J connectivity index is 1.63. The number of aryl methyl sites for hydroxylation is 3. The van der Waals surface area contributed by atoms with Gasteiger partial charge in [-0.25, -0.2) is 4.98 Å². The van der Waals surface area contributed by atoms with Gasteiger partial charge < -0.3 is 0 Å². The van der Waals surface area contributed by atoms with Crippen LogP contribution in [0.1, 0.15) is 11.4 Å². The highest BCUT2D eigenvalue weighted by Crippen LogP contribution is 2.26. The Kier molecular flexibility index (Phi) is 4.63. The summed E-state index contributed by atoms with van der Waals surface area (Å²) in [6.07, 6.45) is 0. The maximum atomic E-state index is 4.54. The zero-order chi connectivity index (χ0) is 15.5. The minimum absolute atomic E-state index is 0.757. The Morgan fingerprint density at radius 2 is 2.09 bits per heavy atom. The topological polar surface area (TPSA) is 59.4 Å². The third-order valence-electron chi connectivity index (χ3n) is 3.23. The Labute approximate surface area is 141 Å². The number of benzene rings is 1. The van der Waals surface area contributed by atoms with Crippen molar-refractivity contribution in [3.8, 4) is 11.4 Å². The Morgan fingerprint density at radius 1 is 1.27 bits per heavy atom. The molecule has 3 rings (SSSR count). The maximum absolute atomic E-state index is 4.54. The lowest BCUT2D eigenvalue weighted by Crippen LogP contribution is -2.04. The second-order valence-electron chi connectivity index (χ2n) is 4.95. The number of hydrogen-bond donors (Lipinski definition) is 1. The Hall–Kier alpha value is -1.60. The van der Waals surface area contributed by atoms with Crippen LogP contribution in [0.15, 0.2) is 40.0 Å². The number of thioether (sulfide) groups is 1. The van der Waals surface area contributed by atoms with E-state index in [4.69, 9.17) is 0 Å². The summed E-state index contributed by atoms with van der Waals surface area (Å²) in [4.78, 5) is 4.54. The third-order valence-corrected chi connectivity index (χ3v) is 4.75. The highest BCUT2D eigenvalue weighted by Gasteiger charge is 2.09. The first-order valence-electron chi connectivity index (χ1n) is 6.94. The highest BCUT2D eigenvalue weighted by atomic mass is 79.9. The van der Waals surface area contributed by atoms with E-state index in [9.17, 15) is 0 Å². The number of aromatic amines is 1. The Bertz CT molecular complexity index is 780. The molecule has 5 nitrogen and oxygen atoms in total. The zero-order valence-corrected chi connectivity index (χ0v) is 14.8. The van der Waals surface area contributed by atoms with Gasteiger partial charge in [0, 0.05) is 21.5 Å². The van der Waals surface area contributed by atoms with Crippen molar-refractivity contribution < 1.29 is 0 Å². The average molecular weight is 378 g/mol. The van der Waals surface area contributed by atoms with E-state index < -0.39 is 0 Å². The predicted octanol–water partition coefficient (Wildman–Crippen LogP) is 3.84. The molecule has 0 aliphatic rings. The lowest BCUT2D eigenvalue weighted by atomic mass is 10.2. The molecule has 0 atom stereocenters. The van der Waals surface area contributed by atoms with Crippen molar-refractivity contribution in [2.24, 2.45) is 0 Å². The van der Waals surface area contributed by atoms with Crippen molar-refractivity contribution in [3.63, 3.8) is 0 Å². The summed E-state index contributed by atoms with van der Waals surface area (Å²) in [5, 5.41) is 12.5. The molecule has 1 N–H and O–H groups in total. The highest BCUT2D eigenvalue weighted by molar-refractivity contribution is 9.10. The summed E-state index contributed by atoms with van der Waals surface area (Å²) in [6.45, 7) is 4.93. The summed E-state index contributed by atoms with van der Waals surface area (Å²) in [7, 11) is 0. The van der Waals surface area contributed by atoms with Gasteiger partial charge in [0.1, 0.15) is 0 Å². The van der Waals surface area contributed by atoms with Crippen LogP contribution in [0, 0.1) is 13.8 Å². The second-order valence-corrected chi connectivity index (χ2v) is 6.86. The smallest absolute Gasteiger partial charge is 0.208 e. The fraction of sp³-hybridized carbons (Fsp3) is 0.267. The molecule has 3 aromatic rings. The first kappa shape index (κ1) is 15.3. The normalized spacial score (nSPS) is 11.0. The molecule has 2 aromatic heterocycles. The van der Waals surface area contributed by atoms with E-state index in [1.165, 1.54) is 5.69 Å². The number of nitrogens with one attached hydrogen (secondary N) is 1. The van der Waals surface area contributed by atoms with E-state index >= 15 is 0 Å². The number of aromatic nitrogens is 5. The van der Waals surface area contributed by atoms with Crippen LogP contribution in [0.25, 0.3) is 11.4 Å². The molecule has 114 valence electrons. The van der Waals surface area contributed by atoms with Gasteiger partial charge in [0.15, 0.2) is 5.82 Å². The van der Waals surface area contributed by atoms with Gasteiger partial charge in [-0.2, -0.15) is 5.10 Å². The minimum Gasteiger partial charge on any atom is -0.269 e. The lowest BCUT2D eigenvalue weighted by Gasteiger charge is -2.02. The van der Waals surface area contributed by atoms with E-state index in [2.05, 4.69) is 49.2 Å². The number of rotatable bonds is 5. The summed E-state index contributed by atoms with van der Waals surface area (Å²) >= 11 is 5.15. The van der Waals surface area contributed by atoms with Crippen LogP contribution in [0.2, 0.25) is 0 Å². The third kappa shape index (κ3) is 3.41. The zero-order valence-electron chi connectivity index (χ0n) is 12.4. The van der Waals surface area contributed by atoms with Crippen LogP contribution in [0.3, 0.4) is 0 Å². The molecule has 0 fully saturated rings. The van der Waals surface area contributed by atoms with Crippen LogP contribution in [0.4, 0.5) is 0 Å². The first-order chi connectivity index (χ1) is 10.6. The number of H-pyrrole nitrogens is 1. The van der Waals surface area contributed by atoms with Gasteiger partial charge >= 0.3 is 0 Å². The van der Waals surface area contributed by atoms with Crippen molar-refractivity contribution in [3.05, 3.63) is 46.2 Å². The van der Waals surface area contributed by atoms with Gasteiger partial charge in [-0.15, -0.1) is 5.10 Å². The maximum Gasteiger partial charge on any atom is 0.208 e. The van der Waals surface area contributed by atoms with Crippen molar-refractivity contribution in [1.29, 1.82) is 0 Å². The van der Waals surface area contributed by atoms with Gasteiger partial charge in [-0.05, 0) is 26.0 Å². The van der Waals surface area contributed by atoms with Gasteiger partial charge in [-0.3, -0.25) is 9.78 Å². The van der Waals surface area contributed by atoms with Gasteiger partial charge in [0.2, 0.25) is 5.16 Å². The molecule has 22 heavy (non-hydrogen) atoms. The van der Waals surface area contributed by atoms with Crippen molar-refractivity contribution >= 4 is 27.7 Å². The molecule has 2 heterocycles. The molecule has 1 aromatic carbocycles. The Morgan fingerprint density at radius 3 is 2.82 bits per heavy atom. The van der Waals surface area contributed by atoms with E-state index in [0.29, 0.717) is 0 Å². The van der Waals surface area contributed by atoms with Crippen molar-refractivity contribution in [1.82, 2.24) is 25.0 Å². The first-order valence-corrected chi connectivity index (χ1v) is 8.72. The van der Waals surface area contributed by atoms with E-state index in [1.807, 2.05) is 35.9 Å². The molecule has 0 bridgehead atoms. The lowest BCUT2D eigenvalue weighted by molar-refractivity contribution is 0.640. The SMILES string of the molecule is Cc1cc(C)n(CCSc2n[nH]c(-c3ccccc3Br)n2)n1. The summed E-state index contributed by atoms with van der Waals surface area (Å²) in [5.74, 6) is 1.66. The molecule has 7 heteroatoms. The van der Waals surface area contributed by atoms with Crippen LogP contribution in [-0.4, -0.2) is 30.7 Å². The van der Waals surface area contributed by atoms with Crippen LogP contribution in [-0.2, 0) is 6.54 Å². The van der Waals surface area contributed by atoms with Crippen LogP contribution in [0.5, 0.6) is 0 Å². The van der Waals surface area contributed by atoms with Crippen LogP contribution < -0.4 is 0 Å². The molecular weight excluding hydrogens is 362 g/mol. The van der Waals surface area contributed by atoms with E-state index in [0.717, 1.165) is 39.0 Å². The fourth-order valence-electron chi connectivity index (χ4n) is 2.21. The molecule has 0 unspecified atom stereocenters. The molecule has 0 amide bonds. The van der Waals surface area contributed by atoms with Gasteiger partial charge in [-0.1, -0.05) is 45.9 Å². The summed E-state index contributed by atoms with van der Waals surface area (Å²) in [5.41, 5.74) is 3.25. The van der Waals surface area contributed by atoms with E-state index in [-0.39, 0.29) is 0 Å². The molecule has 0 aliphatic heterocycles.